The van der Waals surface area contributed by atoms with Gasteiger partial charge in [0.1, 0.15) is 24.4 Å². The highest BCUT2D eigenvalue weighted by Crippen LogP contribution is 2.09. The summed E-state index contributed by atoms with van der Waals surface area (Å²) >= 11 is 0. The van der Waals surface area contributed by atoms with Gasteiger partial charge in [-0.15, -0.1) is 0 Å². The predicted octanol–water partition coefficient (Wildman–Crippen LogP) is -0.745. The minimum Gasteiger partial charge on any atom is -0.394 e. The van der Waals surface area contributed by atoms with Gasteiger partial charge in [-0.05, 0) is 19.3 Å². The maximum atomic E-state index is 12.2. The molecule has 8 nitrogen and oxygen atoms in total. The van der Waals surface area contributed by atoms with Gasteiger partial charge < -0.3 is 30.8 Å². The van der Waals surface area contributed by atoms with Crippen molar-refractivity contribution in [1.29, 1.82) is 0 Å². The first kappa shape index (κ1) is 25.1. The fourth-order valence-electron chi connectivity index (χ4n) is 2.47. The zero-order chi connectivity index (χ0) is 20.3. The highest BCUT2D eigenvalue weighted by atomic mass is 16.4. The summed E-state index contributed by atoms with van der Waals surface area (Å²) in [7, 11) is 0. The zero-order valence-electron chi connectivity index (χ0n) is 16.2. The van der Waals surface area contributed by atoms with Gasteiger partial charge in [0.15, 0.2) is 5.78 Å². The van der Waals surface area contributed by atoms with E-state index in [1.165, 1.54) is 0 Å². The van der Waals surface area contributed by atoms with Crippen LogP contribution >= 0.6 is 0 Å². The van der Waals surface area contributed by atoms with Crippen molar-refractivity contribution >= 4 is 12.0 Å². The van der Waals surface area contributed by atoms with Crippen LogP contribution in [0.2, 0.25) is 0 Å². The zero-order valence-corrected chi connectivity index (χ0v) is 16.2. The number of aliphatic hydroxyl groups excluding tert-OH is 5. The van der Waals surface area contributed by atoms with Crippen LogP contribution in [0.25, 0.3) is 0 Å². The lowest BCUT2D eigenvalue weighted by molar-refractivity contribution is -0.124. The second-order valence-corrected chi connectivity index (χ2v) is 7.20. The highest BCUT2D eigenvalue weighted by Gasteiger charge is 2.29. The van der Waals surface area contributed by atoms with Gasteiger partial charge in [0.25, 0.3) is 0 Å². The van der Waals surface area contributed by atoms with Gasteiger partial charge in [-0.2, -0.15) is 0 Å². The third kappa shape index (κ3) is 9.70. The molecule has 154 valence electrons. The van der Waals surface area contributed by atoms with Crippen molar-refractivity contribution in [3.05, 3.63) is 0 Å². The van der Waals surface area contributed by atoms with Gasteiger partial charge in [0, 0.05) is 24.7 Å². The molecule has 8 heteroatoms. The van der Waals surface area contributed by atoms with E-state index in [0.717, 1.165) is 12.6 Å². The number of hydrogen-bond donors (Lipinski definition) is 6. The van der Waals surface area contributed by atoms with Gasteiger partial charge in [-0.1, -0.05) is 27.7 Å². The average Bonchev–Trinajstić information content (AvgIpc) is 2.59. The van der Waals surface area contributed by atoms with E-state index in [0.29, 0.717) is 19.4 Å². The SMILES string of the molecule is CC(C)N[C@@H](CCCC/N=C/C(O)C(O)C(O)C(O)CO)C(=O)C(C)C. The molecule has 6 N–H and O–H groups in total. The second kappa shape index (κ2) is 13.3. The van der Waals surface area contributed by atoms with Crippen molar-refractivity contribution in [1.82, 2.24) is 5.32 Å². The number of nitrogens with one attached hydrogen (secondary N) is 1. The number of Topliss-reactive ketones (excluding diaryl/α,β-unsaturated/α-hetero) is 1. The Morgan fingerprint density at radius 2 is 1.65 bits per heavy atom. The first-order valence-electron chi connectivity index (χ1n) is 9.24. The molecule has 0 spiro atoms. The summed E-state index contributed by atoms with van der Waals surface area (Å²) in [4.78, 5) is 16.2. The van der Waals surface area contributed by atoms with Crippen molar-refractivity contribution in [3.8, 4) is 0 Å². The third-order valence-corrected chi connectivity index (χ3v) is 4.02. The molecule has 0 aliphatic carbocycles. The maximum Gasteiger partial charge on any atom is 0.152 e. The van der Waals surface area contributed by atoms with E-state index in [1.54, 1.807) is 0 Å². The summed E-state index contributed by atoms with van der Waals surface area (Å²) in [5.41, 5.74) is 0. The van der Waals surface area contributed by atoms with E-state index >= 15 is 0 Å². The lowest BCUT2D eigenvalue weighted by Crippen LogP contribution is -2.46. The molecule has 26 heavy (non-hydrogen) atoms. The smallest absolute Gasteiger partial charge is 0.152 e. The quantitative estimate of drug-likeness (QED) is 0.173. The van der Waals surface area contributed by atoms with Crippen LogP contribution in [-0.2, 0) is 4.79 Å². The molecular formula is C18H36N2O6. The van der Waals surface area contributed by atoms with Crippen molar-refractivity contribution in [3.63, 3.8) is 0 Å². The van der Waals surface area contributed by atoms with Crippen LogP contribution in [-0.4, -0.2) is 87.2 Å². The number of unbranched alkanes of at least 4 members (excludes halogenated alkanes) is 1. The molecule has 0 aliphatic heterocycles. The number of carbonyl (C=O) groups excluding carboxylic acids is 1. The molecule has 4 unspecified atom stereocenters. The van der Waals surface area contributed by atoms with Crippen LogP contribution in [0.15, 0.2) is 4.99 Å². The summed E-state index contributed by atoms with van der Waals surface area (Å²) in [5.74, 6) is 0.166. The van der Waals surface area contributed by atoms with Gasteiger partial charge in [0.2, 0.25) is 0 Å². The van der Waals surface area contributed by atoms with E-state index in [1.807, 2.05) is 27.7 Å². The molecule has 0 aromatic heterocycles. The van der Waals surface area contributed by atoms with Crippen LogP contribution in [0.1, 0.15) is 47.0 Å². The summed E-state index contributed by atoms with van der Waals surface area (Å²) in [5, 5.41) is 50.1. The molecule has 5 atom stereocenters. The maximum absolute atomic E-state index is 12.2. The van der Waals surface area contributed by atoms with Crippen molar-refractivity contribution in [2.45, 2.75) is 83.5 Å². The minimum atomic E-state index is -1.66. The second-order valence-electron chi connectivity index (χ2n) is 7.20. The molecule has 0 aromatic carbocycles. The monoisotopic (exact) mass is 376 g/mol. The van der Waals surface area contributed by atoms with Crippen molar-refractivity contribution in [2.24, 2.45) is 10.9 Å². The fourth-order valence-corrected chi connectivity index (χ4v) is 2.47. The number of nitrogens with zero attached hydrogens (tertiary/aromatic N) is 1. The van der Waals surface area contributed by atoms with Crippen LogP contribution < -0.4 is 5.32 Å². The highest BCUT2D eigenvalue weighted by molar-refractivity contribution is 5.85. The Bertz CT molecular complexity index is 416. The standard InChI is InChI=1S/C18H36N2O6/c1-11(2)16(24)13(20-12(3)4)7-5-6-8-19-9-14(22)17(25)18(26)15(23)10-21/h9,11-15,17-18,20-23,25-26H,5-8,10H2,1-4H3/b19-9+/t13-,14?,15?,17?,18?/m0/s1. The Morgan fingerprint density at radius 1 is 1.04 bits per heavy atom. The molecule has 0 rings (SSSR count). The first-order chi connectivity index (χ1) is 12.1. The van der Waals surface area contributed by atoms with Gasteiger partial charge in [-0.3, -0.25) is 9.79 Å². The van der Waals surface area contributed by atoms with Crippen LogP contribution in [0.5, 0.6) is 0 Å². The summed E-state index contributed by atoms with van der Waals surface area (Å²) in [6.45, 7) is 7.46. The average molecular weight is 376 g/mol. The van der Waals surface area contributed by atoms with E-state index in [4.69, 9.17) is 5.11 Å². The number of carbonyl (C=O) groups is 1. The van der Waals surface area contributed by atoms with Crippen LogP contribution in [0.3, 0.4) is 0 Å². The summed E-state index contributed by atoms with van der Waals surface area (Å²) in [6, 6.07) is 0.0413. The largest absolute Gasteiger partial charge is 0.394 e. The normalized spacial score (nSPS) is 18.3. The number of aliphatic hydroxyl groups is 5. The number of ketones is 1. The summed E-state index contributed by atoms with van der Waals surface area (Å²) < 4.78 is 0. The molecular weight excluding hydrogens is 340 g/mol. The Balaban J connectivity index is 4.26. The summed E-state index contributed by atoms with van der Waals surface area (Å²) in [6.07, 6.45) is -2.96. The Hall–Kier alpha value is -0.900. The third-order valence-electron chi connectivity index (χ3n) is 4.02. The Labute approximate surface area is 156 Å². The first-order valence-corrected chi connectivity index (χ1v) is 9.24. The van der Waals surface area contributed by atoms with E-state index < -0.39 is 31.0 Å². The van der Waals surface area contributed by atoms with Gasteiger partial charge >= 0.3 is 0 Å². The molecule has 0 radical (unpaired) electrons. The van der Waals surface area contributed by atoms with Crippen molar-refractivity contribution in [2.75, 3.05) is 13.2 Å². The number of aliphatic imine (C=N–C) groups is 1. The predicted molar refractivity (Wildman–Crippen MR) is 100 cm³/mol. The lowest BCUT2D eigenvalue weighted by atomic mass is 9.96. The molecule has 0 saturated carbocycles. The molecule has 0 heterocycles. The molecule has 0 saturated heterocycles. The van der Waals surface area contributed by atoms with Crippen molar-refractivity contribution < 1.29 is 30.3 Å². The van der Waals surface area contributed by atoms with E-state index in [-0.39, 0.29) is 23.8 Å². The molecule has 0 fully saturated rings. The van der Waals surface area contributed by atoms with Gasteiger partial charge in [-0.25, -0.2) is 0 Å². The van der Waals surface area contributed by atoms with Crippen LogP contribution in [0.4, 0.5) is 0 Å². The van der Waals surface area contributed by atoms with E-state index in [9.17, 15) is 25.2 Å². The molecule has 0 bridgehead atoms. The molecule has 0 aromatic rings. The topological polar surface area (TPSA) is 143 Å². The minimum absolute atomic E-state index is 0.0263. The lowest BCUT2D eigenvalue weighted by Gasteiger charge is -2.23. The van der Waals surface area contributed by atoms with E-state index in [2.05, 4.69) is 10.3 Å². The number of rotatable bonds is 14. The molecule has 0 aliphatic rings. The number of hydrogen-bond acceptors (Lipinski definition) is 8. The fraction of sp³-hybridized carbons (Fsp3) is 0.889. The Morgan fingerprint density at radius 3 is 2.15 bits per heavy atom. The van der Waals surface area contributed by atoms with Gasteiger partial charge in [0.05, 0.1) is 12.6 Å². The Kier molecular flexibility index (Phi) is 12.8. The van der Waals surface area contributed by atoms with Crippen LogP contribution in [0, 0.1) is 5.92 Å². The molecule has 0 amide bonds.